The number of carbonyl (C=O) groups is 1. The summed E-state index contributed by atoms with van der Waals surface area (Å²) >= 11 is 0. The van der Waals surface area contributed by atoms with Gasteiger partial charge in [0.25, 0.3) is 0 Å². The number of carbonyl (C=O) groups excluding carboxylic acids is 1. The summed E-state index contributed by atoms with van der Waals surface area (Å²) < 4.78 is 0. The van der Waals surface area contributed by atoms with Crippen LogP contribution in [0.15, 0.2) is 30.3 Å². The molecule has 3 fully saturated rings. The Labute approximate surface area is 143 Å². The average molecular weight is 324 g/mol. The number of nitrogens with one attached hydrogen (secondary N) is 2. The molecule has 0 atom stereocenters. The Morgan fingerprint density at radius 2 is 1.75 bits per heavy atom. The molecule has 3 aliphatic rings. The van der Waals surface area contributed by atoms with E-state index in [-0.39, 0.29) is 11.3 Å². The third kappa shape index (κ3) is 2.25. The molecule has 3 aliphatic heterocycles. The molecule has 1 aromatic carbocycles. The summed E-state index contributed by atoms with van der Waals surface area (Å²) in [4.78, 5) is 15.2. The van der Waals surface area contributed by atoms with Crippen molar-refractivity contribution in [1.29, 1.82) is 5.26 Å². The maximum absolute atomic E-state index is 13.2. The Morgan fingerprint density at radius 1 is 1.12 bits per heavy atom. The van der Waals surface area contributed by atoms with Crippen LogP contribution < -0.4 is 10.6 Å². The molecule has 0 spiro atoms. The Bertz CT molecular complexity index is 648. The lowest BCUT2D eigenvalue weighted by Crippen LogP contribution is -2.53. The van der Waals surface area contributed by atoms with Gasteiger partial charge in [0.1, 0.15) is 0 Å². The van der Waals surface area contributed by atoms with Crippen LogP contribution in [0.25, 0.3) is 0 Å². The Hall–Kier alpha value is -1.90. The van der Waals surface area contributed by atoms with Crippen LogP contribution in [0.1, 0.15) is 18.4 Å². The normalized spacial score (nSPS) is 31.5. The molecule has 1 aromatic rings. The Morgan fingerprint density at radius 3 is 2.33 bits per heavy atom. The maximum atomic E-state index is 13.2. The minimum absolute atomic E-state index is 0.264. The number of rotatable bonds is 2. The molecule has 0 saturated carbocycles. The molecule has 0 aliphatic carbocycles. The van der Waals surface area contributed by atoms with Crippen LogP contribution in [0.4, 0.5) is 0 Å². The molecular formula is C19H24N4O. The fourth-order valence-corrected chi connectivity index (χ4v) is 4.71. The van der Waals surface area contributed by atoms with E-state index in [4.69, 9.17) is 0 Å². The first-order valence-corrected chi connectivity index (χ1v) is 8.88. The largest absolute Gasteiger partial charge is 0.342 e. The number of nitriles is 1. The second kappa shape index (κ2) is 5.87. The zero-order valence-corrected chi connectivity index (χ0v) is 13.9. The van der Waals surface area contributed by atoms with E-state index in [9.17, 15) is 10.1 Å². The fourth-order valence-electron chi connectivity index (χ4n) is 4.71. The van der Waals surface area contributed by atoms with Crippen molar-refractivity contribution in [3.63, 3.8) is 0 Å². The van der Waals surface area contributed by atoms with Gasteiger partial charge in [0.2, 0.25) is 5.91 Å². The van der Waals surface area contributed by atoms with Crippen molar-refractivity contribution < 1.29 is 4.79 Å². The smallest absolute Gasteiger partial charge is 0.231 e. The van der Waals surface area contributed by atoms with Gasteiger partial charge < -0.3 is 15.5 Å². The summed E-state index contributed by atoms with van der Waals surface area (Å²) in [5, 5.41) is 16.6. The number of hydrogen-bond acceptors (Lipinski definition) is 4. The number of fused-ring (bicyclic) bond motifs is 1. The lowest BCUT2D eigenvalue weighted by Gasteiger charge is -2.41. The van der Waals surface area contributed by atoms with E-state index in [1.54, 1.807) is 0 Å². The summed E-state index contributed by atoms with van der Waals surface area (Å²) in [6.45, 7) is 4.77. The number of benzene rings is 1. The molecule has 0 bridgehead atoms. The number of likely N-dealkylation sites (tertiary alicyclic amines) is 1. The van der Waals surface area contributed by atoms with Crippen LogP contribution >= 0.6 is 0 Å². The minimum Gasteiger partial charge on any atom is -0.342 e. The highest BCUT2D eigenvalue weighted by Crippen LogP contribution is 2.40. The van der Waals surface area contributed by atoms with Gasteiger partial charge in [0, 0.05) is 45.2 Å². The summed E-state index contributed by atoms with van der Waals surface area (Å²) in [5.41, 5.74) is 0.372. The number of hydrogen-bond donors (Lipinski definition) is 2. The molecule has 3 saturated heterocycles. The van der Waals surface area contributed by atoms with Crippen molar-refractivity contribution in [3.05, 3.63) is 35.9 Å². The lowest BCUT2D eigenvalue weighted by atomic mass is 9.73. The third-order valence-electron chi connectivity index (χ3n) is 6.31. The summed E-state index contributed by atoms with van der Waals surface area (Å²) in [5.74, 6) is 0.684. The van der Waals surface area contributed by atoms with Gasteiger partial charge in [0.15, 0.2) is 0 Å². The minimum atomic E-state index is -0.447. The molecule has 5 heteroatoms. The van der Waals surface area contributed by atoms with Gasteiger partial charge in [-0.3, -0.25) is 4.79 Å². The van der Waals surface area contributed by atoms with Gasteiger partial charge in [-0.1, -0.05) is 30.3 Å². The van der Waals surface area contributed by atoms with E-state index in [0.717, 1.165) is 44.6 Å². The molecule has 0 unspecified atom stereocenters. The van der Waals surface area contributed by atoms with E-state index in [0.29, 0.717) is 19.0 Å². The van der Waals surface area contributed by atoms with Crippen LogP contribution in [0.3, 0.4) is 0 Å². The van der Waals surface area contributed by atoms with E-state index in [1.165, 1.54) is 0 Å². The summed E-state index contributed by atoms with van der Waals surface area (Å²) in [7, 11) is 0. The van der Waals surface area contributed by atoms with E-state index in [1.807, 2.05) is 35.2 Å². The third-order valence-corrected chi connectivity index (χ3v) is 6.31. The second-order valence-corrected chi connectivity index (χ2v) is 7.47. The zero-order valence-electron chi connectivity index (χ0n) is 13.9. The highest BCUT2D eigenvalue weighted by atomic mass is 16.2. The standard InChI is InChI=1S/C19H24N4O/c20-12-18(15-4-2-1-3-5-15)6-8-23(9-7-18)17(24)19-13-21-10-16(19)11-22-14-19/h1-5,16,21-22H,6-11,13-14H2. The number of nitrogens with zero attached hydrogens (tertiary/aromatic N) is 2. The topological polar surface area (TPSA) is 68.2 Å². The second-order valence-electron chi connectivity index (χ2n) is 7.47. The highest BCUT2D eigenvalue weighted by Gasteiger charge is 2.54. The molecule has 0 radical (unpaired) electrons. The van der Waals surface area contributed by atoms with Gasteiger partial charge in [-0.15, -0.1) is 0 Å². The zero-order chi connectivity index (χ0) is 16.6. The number of amides is 1. The molecule has 24 heavy (non-hydrogen) atoms. The molecule has 0 aromatic heterocycles. The van der Waals surface area contributed by atoms with Crippen molar-refractivity contribution in [2.45, 2.75) is 18.3 Å². The molecule has 4 rings (SSSR count). The lowest BCUT2D eigenvalue weighted by molar-refractivity contribution is -0.143. The van der Waals surface area contributed by atoms with Crippen LogP contribution in [0, 0.1) is 22.7 Å². The van der Waals surface area contributed by atoms with E-state index >= 15 is 0 Å². The van der Waals surface area contributed by atoms with Crippen molar-refractivity contribution in [2.24, 2.45) is 11.3 Å². The Kier molecular flexibility index (Phi) is 3.82. The van der Waals surface area contributed by atoms with Gasteiger partial charge >= 0.3 is 0 Å². The quantitative estimate of drug-likeness (QED) is 0.847. The van der Waals surface area contributed by atoms with Gasteiger partial charge in [-0.05, 0) is 18.4 Å². The first-order valence-electron chi connectivity index (χ1n) is 8.88. The summed E-state index contributed by atoms with van der Waals surface area (Å²) in [6, 6.07) is 12.6. The van der Waals surface area contributed by atoms with Crippen LogP contribution in [-0.4, -0.2) is 50.1 Å². The highest BCUT2D eigenvalue weighted by molar-refractivity contribution is 5.85. The predicted octanol–water partition coefficient (Wildman–Crippen LogP) is 0.879. The monoisotopic (exact) mass is 324 g/mol. The van der Waals surface area contributed by atoms with Crippen LogP contribution in [0.2, 0.25) is 0 Å². The van der Waals surface area contributed by atoms with Gasteiger partial charge in [-0.25, -0.2) is 0 Å². The maximum Gasteiger partial charge on any atom is 0.231 e. The van der Waals surface area contributed by atoms with Gasteiger partial charge in [-0.2, -0.15) is 5.26 Å². The SMILES string of the molecule is N#CC1(c2ccccc2)CCN(C(=O)C23CNCC2CNC3)CC1. The molecule has 5 nitrogen and oxygen atoms in total. The Balaban J connectivity index is 1.50. The molecule has 126 valence electrons. The average Bonchev–Trinajstić information content (AvgIpc) is 3.23. The number of piperidine rings is 1. The van der Waals surface area contributed by atoms with Crippen molar-refractivity contribution >= 4 is 5.91 Å². The predicted molar refractivity (Wildman–Crippen MR) is 91.2 cm³/mol. The van der Waals surface area contributed by atoms with Crippen molar-refractivity contribution in [3.8, 4) is 6.07 Å². The van der Waals surface area contributed by atoms with Crippen molar-refractivity contribution in [1.82, 2.24) is 15.5 Å². The molecular weight excluding hydrogens is 300 g/mol. The van der Waals surface area contributed by atoms with E-state index in [2.05, 4.69) is 16.7 Å². The first kappa shape index (κ1) is 15.6. The summed E-state index contributed by atoms with van der Waals surface area (Å²) in [6.07, 6.45) is 1.45. The van der Waals surface area contributed by atoms with Crippen LogP contribution in [-0.2, 0) is 10.2 Å². The van der Waals surface area contributed by atoms with Crippen LogP contribution in [0.5, 0.6) is 0 Å². The molecule has 1 amide bonds. The molecule has 3 heterocycles. The molecule has 2 N–H and O–H groups in total. The van der Waals surface area contributed by atoms with E-state index < -0.39 is 5.41 Å². The first-order chi connectivity index (χ1) is 11.7. The van der Waals surface area contributed by atoms with Gasteiger partial charge in [0.05, 0.1) is 16.9 Å². The fraction of sp³-hybridized carbons (Fsp3) is 0.579. The van der Waals surface area contributed by atoms with Crippen molar-refractivity contribution in [2.75, 3.05) is 39.3 Å².